The van der Waals surface area contributed by atoms with Crippen molar-refractivity contribution in [2.45, 2.75) is 27.7 Å². The monoisotopic (exact) mass is 412 g/mol. The van der Waals surface area contributed by atoms with Crippen LogP contribution in [-0.2, 0) is 0 Å². The van der Waals surface area contributed by atoms with Crippen LogP contribution in [0.5, 0.6) is 11.5 Å². The number of fused-ring (bicyclic) bond motifs is 1. The number of rotatable bonds is 12. The van der Waals surface area contributed by atoms with Gasteiger partial charge in [-0.2, -0.15) is 0 Å². The average Bonchev–Trinajstić information content (AvgIpc) is 2.75. The van der Waals surface area contributed by atoms with E-state index in [1.165, 1.54) is 0 Å². The summed E-state index contributed by atoms with van der Waals surface area (Å²) in [5.41, 5.74) is 1.36. The number of aliphatic imine (C=N–C) groups is 2. The fraction of sp³-hybridized carbons (Fsp3) is 0.500. The molecule has 0 bridgehead atoms. The second kappa shape index (κ2) is 12.3. The maximum absolute atomic E-state index is 10.3. The van der Waals surface area contributed by atoms with Gasteiger partial charge in [-0.05, 0) is 61.2 Å². The van der Waals surface area contributed by atoms with Gasteiger partial charge < -0.3 is 20.0 Å². The first kappa shape index (κ1) is 23.8. The van der Waals surface area contributed by atoms with Crippen LogP contribution < -0.4 is 0 Å². The van der Waals surface area contributed by atoms with E-state index >= 15 is 0 Å². The number of aromatic hydroxyl groups is 2. The van der Waals surface area contributed by atoms with Crippen molar-refractivity contribution in [3.63, 3.8) is 0 Å². The van der Waals surface area contributed by atoms with E-state index in [4.69, 9.17) is 0 Å². The molecule has 0 saturated carbocycles. The molecule has 0 heterocycles. The Hall–Kier alpha value is -2.44. The largest absolute Gasteiger partial charge is 0.507 e. The maximum atomic E-state index is 10.3. The van der Waals surface area contributed by atoms with Crippen LogP contribution in [0.2, 0.25) is 0 Å². The van der Waals surface area contributed by atoms with Crippen molar-refractivity contribution in [1.29, 1.82) is 0 Å². The predicted octanol–water partition coefficient (Wildman–Crippen LogP) is 3.77. The Labute approximate surface area is 180 Å². The molecule has 0 aromatic heterocycles. The number of nitrogens with zero attached hydrogens (tertiary/aromatic N) is 4. The molecule has 0 aliphatic carbocycles. The summed E-state index contributed by atoms with van der Waals surface area (Å²) in [5, 5.41) is 22.4. The van der Waals surface area contributed by atoms with E-state index < -0.39 is 0 Å². The van der Waals surface area contributed by atoms with Gasteiger partial charge in [-0.3, -0.25) is 9.98 Å². The van der Waals surface area contributed by atoms with Crippen LogP contribution in [0.4, 0.5) is 0 Å². The van der Waals surface area contributed by atoms with Gasteiger partial charge in [-0.1, -0.05) is 27.7 Å². The Morgan fingerprint density at radius 3 is 1.40 bits per heavy atom. The van der Waals surface area contributed by atoms with Gasteiger partial charge in [0.05, 0.1) is 13.1 Å². The number of phenols is 2. The second-order valence-electron chi connectivity index (χ2n) is 7.29. The predicted molar refractivity (Wildman–Crippen MR) is 128 cm³/mol. The third-order valence-corrected chi connectivity index (χ3v) is 5.47. The van der Waals surface area contributed by atoms with Crippen molar-refractivity contribution in [2.24, 2.45) is 9.98 Å². The smallest absolute Gasteiger partial charge is 0.124 e. The molecule has 0 spiro atoms. The molecule has 0 atom stereocenters. The number of hydrogen-bond acceptors (Lipinski definition) is 6. The van der Waals surface area contributed by atoms with E-state index in [9.17, 15) is 10.2 Å². The molecule has 2 aromatic carbocycles. The number of likely N-dealkylation sites (N-methyl/N-ethyl adjacent to an activating group) is 2. The minimum absolute atomic E-state index is 0.161. The quantitative estimate of drug-likeness (QED) is 0.521. The molecule has 0 saturated heterocycles. The van der Waals surface area contributed by atoms with Crippen LogP contribution in [0.1, 0.15) is 38.8 Å². The van der Waals surface area contributed by atoms with Crippen LogP contribution >= 0.6 is 0 Å². The molecule has 2 N–H and O–H groups in total. The van der Waals surface area contributed by atoms with E-state index in [1.54, 1.807) is 24.6 Å². The normalized spacial score (nSPS) is 12.3. The minimum Gasteiger partial charge on any atom is -0.507 e. The standard InChI is InChI=1S/C24H36N4O2/c1-5-27(6-2)11-9-25-17-21-13-19-14-22(18-26-10-12-28(7-3)8-4)24(30)16-20(19)15-23(21)29/h13-18,29-30H,5-12H2,1-4H3. The highest BCUT2D eigenvalue weighted by Crippen LogP contribution is 2.29. The first-order valence-corrected chi connectivity index (χ1v) is 11.0. The molecule has 0 aliphatic rings. The van der Waals surface area contributed by atoms with Crippen molar-refractivity contribution < 1.29 is 10.2 Å². The highest BCUT2D eigenvalue weighted by Gasteiger charge is 2.07. The van der Waals surface area contributed by atoms with Gasteiger partial charge in [0.25, 0.3) is 0 Å². The first-order valence-electron chi connectivity index (χ1n) is 11.0. The zero-order chi connectivity index (χ0) is 21.9. The molecular weight excluding hydrogens is 376 g/mol. The van der Waals surface area contributed by atoms with Gasteiger partial charge in [0, 0.05) is 36.6 Å². The lowest BCUT2D eigenvalue weighted by Gasteiger charge is -2.16. The summed E-state index contributed by atoms with van der Waals surface area (Å²) in [7, 11) is 0. The van der Waals surface area contributed by atoms with Crippen molar-refractivity contribution in [3.8, 4) is 11.5 Å². The van der Waals surface area contributed by atoms with Gasteiger partial charge >= 0.3 is 0 Å². The van der Waals surface area contributed by atoms with Crippen LogP contribution in [-0.4, -0.2) is 84.8 Å². The number of benzene rings is 2. The van der Waals surface area contributed by atoms with E-state index in [0.717, 1.165) is 50.0 Å². The maximum Gasteiger partial charge on any atom is 0.124 e. The molecule has 0 radical (unpaired) electrons. The Kier molecular flexibility index (Phi) is 9.77. The molecule has 2 rings (SSSR count). The van der Waals surface area contributed by atoms with Gasteiger partial charge in [0.1, 0.15) is 11.5 Å². The minimum atomic E-state index is 0.161. The fourth-order valence-corrected chi connectivity index (χ4v) is 3.37. The molecule has 0 amide bonds. The topological polar surface area (TPSA) is 71.7 Å². The Bertz CT molecular complexity index is 789. The van der Waals surface area contributed by atoms with Gasteiger partial charge in [-0.15, -0.1) is 0 Å². The van der Waals surface area contributed by atoms with E-state index in [1.807, 2.05) is 12.1 Å². The Balaban J connectivity index is 2.14. The van der Waals surface area contributed by atoms with E-state index in [-0.39, 0.29) is 11.5 Å². The molecule has 2 aromatic rings. The Morgan fingerprint density at radius 2 is 1.03 bits per heavy atom. The van der Waals surface area contributed by atoms with Gasteiger partial charge in [0.15, 0.2) is 0 Å². The van der Waals surface area contributed by atoms with Crippen molar-refractivity contribution >= 4 is 23.2 Å². The second-order valence-corrected chi connectivity index (χ2v) is 7.29. The van der Waals surface area contributed by atoms with Crippen LogP contribution in [0, 0.1) is 0 Å². The molecule has 0 fully saturated rings. The summed E-state index contributed by atoms with van der Waals surface area (Å²) >= 11 is 0. The molecule has 30 heavy (non-hydrogen) atoms. The van der Waals surface area contributed by atoms with Crippen molar-refractivity contribution in [3.05, 3.63) is 35.4 Å². The zero-order valence-electron chi connectivity index (χ0n) is 18.8. The van der Waals surface area contributed by atoms with Crippen molar-refractivity contribution in [1.82, 2.24) is 9.80 Å². The van der Waals surface area contributed by atoms with Crippen LogP contribution in [0.15, 0.2) is 34.3 Å². The fourth-order valence-electron chi connectivity index (χ4n) is 3.37. The molecular formula is C24H36N4O2. The van der Waals surface area contributed by atoms with Crippen LogP contribution in [0.25, 0.3) is 10.8 Å². The summed E-state index contributed by atoms with van der Waals surface area (Å²) < 4.78 is 0. The third kappa shape index (κ3) is 6.82. The summed E-state index contributed by atoms with van der Waals surface area (Å²) in [4.78, 5) is 13.6. The van der Waals surface area contributed by atoms with Gasteiger partial charge in [0.2, 0.25) is 0 Å². The Morgan fingerprint density at radius 1 is 0.667 bits per heavy atom. The molecule has 6 nitrogen and oxygen atoms in total. The lowest BCUT2D eigenvalue weighted by Crippen LogP contribution is -2.25. The van der Waals surface area contributed by atoms with E-state index in [2.05, 4.69) is 47.5 Å². The summed E-state index contributed by atoms with van der Waals surface area (Å²) in [6.07, 6.45) is 3.45. The molecule has 0 aliphatic heterocycles. The number of phenolic OH excluding ortho intramolecular Hbond substituents is 2. The molecule has 6 heteroatoms. The lowest BCUT2D eigenvalue weighted by atomic mass is 10.0. The SMILES string of the molecule is CCN(CC)CCN=Cc1cc2cc(C=NCCN(CC)CC)c(O)cc2cc1O. The van der Waals surface area contributed by atoms with Gasteiger partial charge in [-0.25, -0.2) is 0 Å². The summed E-state index contributed by atoms with van der Waals surface area (Å²) in [6, 6.07) is 7.14. The highest BCUT2D eigenvalue weighted by molar-refractivity contribution is 5.98. The highest BCUT2D eigenvalue weighted by atomic mass is 16.3. The summed E-state index contributed by atoms with van der Waals surface area (Å²) in [6.45, 7) is 15.8. The average molecular weight is 413 g/mol. The summed E-state index contributed by atoms with van der Waals surface area (Å²) in [5.74, 6) is 0.322. The van der Waals surface area contributed by atoms with E-state index in [0.29, 0.717) is 24.2 Å². The zero-order valence-corrected chi connectivity index (χ0v) is 18.8. The lowest BCUT2D eigenvalue weighted by molar-refractivity contribution is 0.313. The molecule has 164 valence electrons. The third-order valence-electron chi connectivity index (χ3n) is 5.47. The molecule has 0 unspecified atom stereocenters. The first-order chi connectivity index (χ1) is 14.5. The number of hydrogen-bond donors (Lipinski definition) is 2. The van der Waals surface area contributed by atoms with Crippen LogP contribution in [0.3, 0.4) is 0 Å². The van der Waals surface area contributed by atoms with Crippen molar-refractivity contribution in [2.75, 3.05) is 52.4 Å².